The van der Waals surface area contributed by atoms with E-state index in [1.165, 1.54) is 0 Å². The second-order valence-corrected chi connectivity index (χ2v) is 5.14. The fourth-order valence-electron chi connectivity index (χ4n) is 2.24. The van der Waals surface area contributed by atoms with Crippen LogP contribution in [0.15, 0.2) is 18.2 Å². The second-order valence-electron chi connectivity index (χ2n) is 5.14. The van der Waals surface area contributed by atoms with Crippen LogP contribution in [0.2, 0.25) is 0 Å². The minimum Gasteiger partial charge on any atom is -0.478 e. The minimum atomic E-state index is -0.927. The molecule has 0 saturated heterocycles. The Balaban J connectivity index is 2.37. The molecule has 5 heteroatoms. The van der Waals surface area contributed by atoms with Gasteiger partial charge in [-0.3, -0.25) is 0 Å². The summed E-state index contributed by atoms with van der Waals surface area (Å²) in [6.07, 6.45) is 2.13. The molecule has 5 nitrogen and oxygen atoms in total. The van der Waals surface area contributed by atoms with Gasteiger partial charge in [0.2, 0.25) is 0 Å². The smallest absolute Gasteiger partial charge is 0.335 e. The Morgan fingerprint density at radius 2 is 2.16 bits per heavy atom. The first-order valence-electron chi connectivity index (χ1n) is 6.61. The number of carboxylic acids is 1. The van der Waals surface area contributed by atoms with E-state index in [1.54, 1.807) is 18.2 Å². The Morgan fingerprint density at radius 3 is 2.79 bits per heavy atom. The molecule has 0 aliphatic rings. The highest BCUT2D eigenvalue weighted by molar-refractivity contribution is 5.92. The van der Waals surface area contributed by atoms with Gasteiger partial charge < -0.3 is 5.11 Å². The Bertz CT molecular complexity index is 591. The maximum atomic E-state index is 11.0. The van der Waals surface area contributed by atoms with Crippen LogP contribution >= 0.6 is 0 Å². The molecule has 0 radical (unpaired) electrons. The number of aromatic nitrogens is 3. The van der Waals surface area contributed by atoms with Crippen LogP contribution in [-0.2, 0) is 0 Å². The number of carbonyl (C=O) groups is 1. The van der Waals surface area contributed by atoms with Crippen LogP contribution in [0, 0.1) is 5.92 Å². The van der Waals surface area contributed by atoms with Crippen molar-refractivity contribution < 1.29 is 9.90 Å². The molecular weight excluding hydrogens is 242 g/mol. The molecule has 2 aromatic rings. The number of carboxylic acid groups (broad SMARTS) is 1. The average Bonchev–Trinajstić information content (AvgIpc) is 2.81. The lowest BCUT2D eigenvalue weighted by Crippen LogP contribution is -2.11. The van der Waals surface area contributed by atoms with E-state index in [-0.39, 0.29) is 11.6 Å². The molecular formula is C14H19N3O2. The van der Waals surface area contributed by atoms with Crippen molar-refractivity contribution in [3.05, 3.63) is 23.8 Å². The van der Waals surface area contributed by atoms with Crippen molar-refractivity contribution in [2.75, 3.05) is 0 Å². The average molecular weight is 261 g/mol. The van der Waals surface area contributed by atoms with Crippen LogP contribution in [0.4, 0.5) is 0 Å². The molecule has 0 amide bonds. The van der Waals surface area contributed by atoms with Crippen LogP contribution in [0.3, 0.4) is 0 Å². The molecule has 0 fully saturated rings. The first-order chi connectivity index (χ1) is 9.02. The molecule has 0 saturated carbocycles. The highest BCUT2D eigenvalue weighted by Gasteiger charge is 2.15. The summed E-state index contributed by atoms with van der Waals surface area (Å²) in [5.41, 5.74) is 1.79. The van der Waals surface area contributed by atoms with Gasteiger partial charge >= 0.3 is 5.97 Å². The van der Waals surface area contributed by atoms with E-state index in [0.717, 1.165) is 23.9 Å². The third kappa shape index (κ3) is 2.75. The summed E-state index contributed by atoms with van der Waals surface area (Å²) in [5.74, 6) is -0.318. The molecule has 2 atom stereocenters. The summed E-state index contributed by atoms with van der Waals surface area (Å²) in [4.78, 5) is 11.0. The van der Waals surface area contributed by atoms with E-state index in [0.29, 0.717) is 5.92 Å². The number of aromatic carboxylic acids is 1. The van der Waals surface area contributed by atoms with E-state index < -0.39 is 5.97 Å². The molecule has 1 aromatic carbocycles. The zero-order chi connectivity index (χ0) is 14.0. The summed E-state index contributed by atoms with van der Waals surface area (Å²) in [6.45, 7) is 6.46. The van der Waals surface area contributed by atoms with Crippen molar-refractivity contribution in [1.29, 1.82) is 0 Å². The lowest BCUT2D eigenvalue weighted by Gasteiger charge is -2.16. The van der Waals surface area contributed by atoms with Gasteiger partial charge in [-0.05, 0) is 37.5 Å². The van der Waals surface area contributed by atoms with E-state index in [4.69, 9.17) is 5.11 Å². The van der Waals surface area contributed by atoms with Gasteiger partial charge in [0.25, 0.3) is 0 Å². The van der Waals surface area contributed by atoms with Crippen molar-refractivity contribution in [2.24, 2.45) is 5.92 Å². The molecule has 0 aliphatic heterocycles. The summed E-state index contributed by atoms with van der Waals surface area (Å²) in [5, 5.41) is 17.3. The quantitative estimate of drug-likeness (QED) is 0.897. The summed E-state index contributed by atoms with van der Waals surface area (Å²) < 4.78 is 1.83. The molecule has 102 valence electrons. The SMILES string of the molecule is CCC(C)CC(C)n1nnc2ccc(C(=O)O)cc21. The lowest BCUT2D eigenvalue weighted by molar-refractivity contribution is 0.0697. The van der Waals surface area contributed by atoms with Crippen LogP contribution in [0.5, 0.6) is 0 Å². The van der Waals surface area contributed by atoms with Crippen LogP contribution < -0.4 is 0 Å². The van der Waals surface area contributed by atoms with Gasteiger partial charge in [-0.2, -0.15) is 0 Å². The molecule has 0 aliphatic carbocycles. The molecule has 1 heterocycles. The number of nitrogens with zero attached hydrogens (tertiary/aromatic N) is 3. The van der Waals surface area contributed by atoms with Crippen LogP contribution in [0.1, 0.15) is 50.0 Å². The van der Waals surface area contributed by atoms with Gasteiger partial charge in [0.05, 0.1) is 17.1 Å². The predicted octanol–water partition coefficient (Wildman–Crippen LogP) is 3.13. The normalized spacial score (nSPS) is 14.5. The summed E-state index contributed by atoms with van der Waals surface area (Å²) >= 11 is 0. The lowest BCUT2D eigenvalue weighted by atomic mass is 10.0. The van der Waals surface area contributed by atoms with Crippen molar-refractivity contribution in [2.45, 2.75) is 39.7 Å². The number of hydrogen-bond acceptors (Lipinski definition) is 3. The molecule has 0 spiro atoms. The fourth-order valence-corrected chi connectivity index (χ4v) is 2.24. The zero-order valence-corrected chi connectivity index (χ0v) is 11.5. The largest absolute Gasteiger partial charge is 0.478 e. The first kappa shape index (κ1) is 13.5. The van der Waals surface area contributed by atoms with Crippen molar-refractivity contribution in [3.8, 4) is 0 Å². The van der Waals surface area contributed by atoms with Gasteiger partial charge in [0.1, 0.15) is 5.52 Å². The first-order valence-corrected chi connectivity index (χ1v) is 6.61. The van der Waals surface area contributed by atoms with Crippen molar-refractivity contribution >= 4 is 17.0 Å². The second kappa shape index (κ2) is 5.38. The topological polar surface area (TPSA) is 68.0 Å². The van der Waals surface area contributed by atoms with Gasteiger partial charge in [0, 0.05) is 0 Å². The standard InChI is InChI=1S/C14H19N3O2/c1-4-9(2)7-10(3)17-13-8-11(14(18)19)5-6-12(13)15-16-17/h5-6,8-10H,4,7H2,1-3H3,(H,18,19). The minimum absolute atomic E-state index is 0.212. The zero-order valence-electron chi connectivity index (χ0n) is 11.5. The third-order valence-corrected chi connectivity index (χ3v) is 3.58. The number of fused-ring (bicyclic) bond motifs is 1. The number of hydrogen-bond donors (Lipinski definition) is 1. The molecule has 2 unspecified atom stereocenters. The number of rotatable bonds is 5. The Kier molecular flexibility index (Phi) is 3.83. The molecule has 2 rings (SSSR count). The van der Waals surface area contributed by atoms with E-state index in [9.17, 15) is 4.79 Å². The van der Waals surface area contributed by atoms with Gasteiger partial charge in [-0.25, -0.2) is 9.48 Å². The van der Waals surface area contributed by atoms with E-state index >= 15 is 0 Å². The van der Waals surface area contributed by atoms with Gasteiger partial charge in [0.15, 0.2) is 0 Å². The summed E-state index contributed by atoms with van der Waals surface area (Å²) in [7, 11) is 0. The Morgan fingerprint density at radius 1 is 1.42 bits per heavy atom. The van der Waals surface area contributed by atoms with Crippen LogP contribution in [-0.4, -0.2) is 26.1 Å². The summed E-state index contributed by atoms with van der Waals surface area (Å²) in [6, 6.07) is 5.12. The van der Waals surface area contributed by atoms with E-state index in [1.807, 2.05) is 4.68 Å². The van der Waals surface area contributed by atoms with Crippen molar-refractivity contribution in [3.63, 3.8) is 0 Å². The predicted molar refractivity (Wildman–Crippen MR) is 73.3 cm³/mol. The van der Waals surface area contributed by atoms with Gasteiger partial charge in [-0.1, -0.05) is 25.5 Å². The third-order valence-electron chi connectivity index (χ3n) is 3.58. The monoisotopic (exact) mass is 261 g/mol. The molecule has 19 heavy (non-hydrogen) atoms. The molecule has 1 aromatic heterocycles. The highest BCUT2D eigenvalue weighted by Crippen LogP contribution is 2.23. The molecule has 1 N–H and O–H groups in total. The maximum absolute atomic E-state index is 11.0. The number of benzene rings is 1. The van der Waals surface area contributed by atoms with E-state index in [2.05, 4.69) is 31.1 Å². The van der Waals surface area contributed by atoms with Gasteiger partial charge in [-0.15, -0.1) is 5.10 Å². The Labute approximate surface area is 112 Å². The van der Waals surface area contributed by atoms with Crippen LogP contribution in [0.25, 0.3) is 11.0 Å². The highest BCUT2D eigenvalue weighted by atomic mass is 16.4. The molecule has 0 bridgehead atoms. The van der Waals surface area contributed by atoms with Crippen molar-refractivity contribution in [1.82, 2.24) is 15.0 Å². The fraction of sp³-hybridized carbons (Fsp3) is 0.500. The maximum Gasteiger partial charge on any atom is 0.335 e. The Hall–Kier alpha value is -1.91.